The summed E-state index contributed by atoms with van der Waals surface area (Å²) in [5.41, 5.74) is -0.101. The van der Waals surface area contributed by atoms with Gasteiger partial charge >= 0.3 is 5.97 Å². The van der Waals surface area contributed by atoms with Gasteiger partial charge in [-0.3, -0.25) is 19.2 Å². The van der Waals surface area contributed by atoms with Gasteiger partial charge in [-0.1, -0.05) is 58.4 Å². The highest BCUT2D eigenvalue weighted by Gasteiger charge is 2.77. The summed E-state index contributed by atoms with van der Waals surface area (Å²) >= 11 is 3.74. The van der Waals surface area contributed by atoms with Crippen molar-refractivity contribution in [2.75, 3.05) is 45.4 Å². The van der Waals surface area contributed by atoms with Gasteiger partial charge in [0.05, 0.1) is 37.7 Å². The largest absolute Gasteiger partial charge is 0.497 e. The molecule has 3 aliphatic rings. The number of nitrogens with one attached hydrogen (secondary N) is 1. The van der Waals surface area contributed by atoms with Crippen LogP contribution in [0.15, 0.2) is 79.9 Å². The van der Waals surface area contributed by atoms with Crippen molar-refractivity contribution in [2.45, 2.75) is 73.2 Å². The molecule has 0 saturated carbocycles. The topological polar surface area (TPSA) is 144 Å². The number of nitrogens with zero attached hydrogens (tertiary/aromatic N) is 2. The highest BCUT2D eigenvalue weighted by molar-refractivity contribution is 9.09. The minimum absolute atomic E-state index is 0.0127. The van der Waals surface area contributed by atoms with E-state index in [0.29, 0.717) is 49.1 Å². The minimum Gasteiger partial charge on any atom is -0.497 e. The Hall–Kier alpha value is -4.04. The molecule has 53 heavy (non-hydrogen) atoms. The highest BCUT2D eigenvalue weighted by Crippen LogP contribution is 2.60. The van der Waals surface area contributed by atoms with E-state index in [-0.39, 0.29) is 55.3 Å². The van der Waals surface area contributed by atoms with E-state index in [9.17, 15) is 24.3 Å². The summed E-state index contributed by atoms with van der Waals surface area (Å²) in [6, 6.07) is 14.3. The quantitative estimate of drug-likeness (QED) is 0.0857. The molecule has 2 aromatic carbocycles. The third kappa shape index (κ3) is 8.38. The van der Waals surface area contributed by atoms with Crippen LogP contribution >= 0.6 is 15.9 Å². The smallest absolute Gasteiger partial charge is 0.313 e. The number of anilines is 1. The number of esters is 1. The number of alkyl halides is 1. The van der Waals surface area contributed by atoms with Gasteiger partial charge in [-0.2, -0.15) is 0 Å². The number of allylic oxidation sites excluding steroid dienone is 1. The van der Waals surface area contributed by atoms with Crippen molar-refractivity contribution in [3.05, 3.63) is 85.5 Å². The van der Waals surface area contributed by atoms with E-state index < -0.39 is 47.7 Å². The van der Waals surface area contributed by atoms with Crippen LogP contribution < -0.4 is 15.0 Å². The summed E-state index contributed by atoms with van der Waals surface area (Å²) in [5.74, 6) is -3.05. The number of hydrogen-bond acceptors (Lipinski definition) is 9. The molecule has 5 rings (SSSR count). The Labute approximate surface area is 319 Å². The molecule has 3 heterocycles. The van der Waals surface area contributed by atoms with Crippen LogP contribution in [-0.2, 0) is 33.4 Å². The first-order valence-electron chi connectivity index (χ1n) is 18.1. The molecule has 3 fully saturated rings. The number of amides is 3. The number of benzene rings is 2. The van der Waals surface area contributed by atoms with Crippen LogP contribution in [0, 0.1) is 11.8 Å². The third-order valence-corrected chi connectivity index (χ3v) is 11.2. The molecule has 1 spiro atoms. The maximum absolute atomic E-state index is 14.9. The van der Waals surface area contributed by atoms with Gasteiger partial charge in [0, 0.05) is 43.7 Å². The maximum atomic E-state index is 14.9. The number of hydrogen-bond donors (Lipinski definition) is 2. The fourth-order valence-corrected chi connectivity index (χ4v) is 8.92. The van der Waals surface area contributed by atoms with Crippen molar-refractivity contribution in [1.29, 1.82) is 0 Å². The van der Waals surface area contributed by atoms with Crippen LogP contribution in [0.2, 0.25) is 0 Å². The van der Waals surface area contributed by atoms with Gasteiger partial charge < -0.3 is 39.2 Å². The first-order chi connectivity index (χ1) is 25.6. The number of carbonyl (C=O) groups is 4. The lowest BCUT2D eigenvalue weighted by Gasteiger charge is -2.37. The van der Waals surface area contributed by atoms with Gasteiger partial charge in [0.25, 0.3) is 5.91 Å². The average Bonchev–Trinajstić information content (AvgIpc) is 3.76. The van der Waals surface area contributed by atoms with Crippen molar-refractivity contribution in [2.24, 2.45) is 11.8 Å². The molecular weight excluding hydrogens is 746 g/mol. The molecule has 0 aliphatic carbocycles. The zero-order valence-corrected chi connectivity index (χ0v) is 31.9. The maximum Gasteiger partial charge on any atom is 0.313 e. The highest BCUT2D eigenvalue weighted by atomic mass is 79.9. The van der Waals surface area contributed by atoms with Crippen molar-refractivity contribution in [3.63, 3.8) is 0 Å². The Morgan fingerprint density at radius 2 is 1.83 bits per heavy atom. The second-order valence-electron chi connectivity index (χ2n) is 13.6. The third-order valence-electron chi connectivity index (χ3n) is 10.3. The van der Waals surface area contributed by atoms with Crippen LogP contribution in [0.3, 0.4) is 0 Å². The van der Waals surface area contributed by atoms with Crippen LogP contribution in [0.5, 0.6) is 5.75 Å². The number of aliphatic hydroxyl groups is 1. The summed E-state index contributed by atoms with van der Waals surface area (Å²) in [4.78, 5) is 59.9. The fraction of sp³-hybridized carbons (Fsp3) is 0.500. The zero-order valence-electron chi connectivity index (χ0n) is 30.4. The van der Waals surface area contributed by atoms with Gasteiger partial charge in [-0.25, -0.2) is 0 Å². The van der Waals surface area contributed by atoms with Crippen LogP contribution in [0.4, 0.5) is 5.69 Å². The van der Waals surface area contributed by atoms with E-state index in [4.69, 9.17) is 18.9 Å². The van der Waals surface area contributed by atoms with Gasteiger partial charge in [0.2, 0.25) is 11.8 Å². The molecule has 13 heteroatoms. The fourth-order valence-electron chi connectivity index (χ4n) is 7.98. The number of likely N-dealkylation sites (tertiary alicyclic amines) is 1. The van der Waals surface area contributed by atoms with Crippen molar-refractivity contribution >= 4 is 45.3 Å². The van der Waals surface area contributed by atoms with Gasteiger partial charge in [-0.05, 0) is 61.9 Å². The van der Waals surface area contributed by atoms with Crippen molar-refractivity contribution in [1.82, 2.24) is 10.2 Å². The van der Waals surface area contributed by atoms with Crippen LogP contribution in [0.25, 0.3) is 0 Å². The minimum atomic E-state index is -1.33. The number of aliphatic hydroxyl groups excluding tert-OH is 1. The predicted octanol–water partition coefficient (Wildman–Crippen LogP) is 4.51. The number of rotatable bonds is 20. The Morgan fingerprint density at radius 3 is 2.47 bits per heavy atom. The monoisotopic (exact) mass is 795 g/mol. The van der Waals surface area contributed by atoms with E-state index in [0.717, 1.165) is 0 Å². The second kappa shape index (κ2) is 18.3. The number of halogens is 1. The van der Waals surface area contributed by atoms with Gasteiger partial charge in [0.1, 0.15) is 23.5 Å². The number of fused-ring (bicyclic) bond motifs is 1. The lowest BCUT2D eigenvalue weighted by atomic mass is 9.70. The molecule has 8 atom stereocenters. The van der Waals surface area contributed by atoms with Gasteiger partial charge in [0.15, 0.2) is 0 Å². The first-order valence-corrected chi connectivity index (χ1v) is 19.0. The molecule has 0 aromatic heterocycles. The zero-order chi connectivity index (χ0) is 38.1. The van der Waals surface area contributed by atoms with E-state index in [1.807, 2.05) is 18.2 Å². The summed E-state index contributed by atoms with van der Waals surface area (Å²) in [7, 11) is 3.06. The lowest BCUT2D eigenvalue weighted by Crippen LogP contribution is -2.57. The van der Waals surface area contributed by atoms with E-state index in [2.05, 4.69) is 34.4 Å². The molecule has 12 nitrogen and oxygen atoms in total. The Balaban J connectivity index is 1.51. The predicted molar refractivity (Wildman–Crippen MR) is 202 cm³/mol. The van der Waals surface area contributed by atoms with Crippen LogP contribution in [0.1, 0.15) is 50.2 Å². The number of methoxy groups -OCH3 is 2. The molecule has 0 radical (unpaired) electrons. The molecule has 1 unspecified atom stereocenters. The standard InChI is InChI=1S/C40H50BrN3O9/c1-5-7-16-31(46)42-30(25-50-3)34(26-14-10-8-11-15-26)52-39(49)32-33-37(47)44(22-12-9-13-23-45)36(40(33)24-29(41)35(32)53-40)38(48)43(21-6-2)27-17-19-28(51-4)20-18-27/h5-6,8,10-11,14-15,17-20,29-30,32-36,45H,1-2,7,9,12-13,16,21-25H2,3-4H3,(H,42,46)/t29?,30-,32+,33-,34-,35+,36+,40-/m1/s1. The normalized spacial score (nSPS) is 25.3. The van der Waals surface area contributed by atoms with E-state index >= 15 is 0 Å². The summed E-state index contributed by atoms with van der Waals surface area (Å²) in [6.07, 6.45) is 4.29. The molecule has 2 N–H and O–H groups in total. The molecule has 2 aromatic rings. The van der Waals surface area contributed by atoms with E-state index in [1.165, 1.54) is 7.11 Å². The molecule has 286 valence electrons. The number of unbranched alkanes of at least 4 members (excludes halogenated alkanes) is 2. The Bertz CT molecular complexity index is 1610. The van der Waals surface area contributed by atoms with Crippen molar-refractivity contribution < 1.29 is 43.2 Å². The van der Waals surface area contributed by atoms with Gasteiger partial charge in [-0.15, -0.1) is 13.2 Å². The first kappa shape index (κ1) is 40.2. The molecule has 3 saturated heterocycles. The van der Waals surface area contributed by atoms with Crippen molar-refractivity contribution in [3.8, 4) is 5.75 Å². The number of carbonyl (C=O) groups excluding carboxylic acids is 4. The Kier molecular flexibility index (Phi) is 13.9. The van der Waals surface area contributed by atoms with Crippen LogP contribution in [-0.4, -0.2) is 103 Å². The summed E-state index contributed by atoms with van der Waals surface area (Å²) < 4.78 is 23.9. The molecular formula is C40H50BrN3O9. The number of ether oxygens (including phenoxy) is 4. The summed E-state index contributed by atoms with van der Waals surface area (Å²) in [6.45, 7) is 8.04. The molecule has 3 aliphatic heterocycles. The second-order valence-corrected chi connectivity index (χ2v) is 14.8. The molecule has 3 amide bonds. The van der Waals surface area contributed by atoms with E-state index in [1.54, 1.807) is 65.5 Å². The lowest BCUT2D eigenvalue weighted by molar-refractivity contribution is -0.163. The molecule has 2 bridgehead atoms. The summed E-state index contributed by atoms with van der Waals surface area (Å²) in [5, 5.41) is 12.4. The SMILES string of the molecule is C=CCCC(=O)N[C@H](COC)[C@H](OC(=O)[C@@H]1[C@H]2O[C@@]3(CC2Br)[C@H](C(=O)N(CC=C)c2ccc(OC)cc2)N(CCCCCO)C(=O)[C@@H]13)c1ccccc1. The Morgan fingerprint density at radius 1 is 1.09 bits per heavy atom. The average molecular weight is 797 g/mol.